The molecule has 18 heavy (non-hydrogen) atoms. The van der Waals surface area contributed by atoms with E-state index in [-0.39, 0.29) is 5.91 Å². The number of thiazole rings is 1. The third kappa shape index (κ3) is 3.28. The predicted molar refractivity (Wildman–Crippen MR) is 75.7 cm³/mol. The molecular weight excluding hydrogens is 244 g/mol. The highest BCUT2D eigenvalue weighted by Gasteiger charge is 2.00. The molecule has 0 fully saturated rings. The summed E-state index contributed by atoms with van der Waals surface area (Å²) >= 11 is 1.40. The molecule has 1 N–H and O–H groups in total. The predicted octanol–water partition coefficient (Wildman–Crippen LogP) is 3.41. The van der Waals surface area contributed by atoms with E-state index in [0.717, 1.165) is 11.1 Å². The molecular formula is C14H14N2OS. The maximum atomic E-state index is 11.6. The van der Waals surface area contributed by atoms with Crippen molar-refractivity contribution in [3.8, 4) is 0 Å². The summed E-state index contributed by atoms with van der Waals surface area (Å²) in [6.45, 7) is 4.08. The summed E-state index contributed by atoms with van der Waals surface area (Å²) in [6.07, 6.45) is 5.00. The molecule has 0 bridgehead atoms. The van der Waals surface area contributed by atoms with Crippen LogP contribution in [0.15, 0.2) is 35.9 Å². The van der Waals surface area contributed by atoms with Crippen LogP contribution >= 0.6 is 11.3 Å². The molecule has 0 aliphatic carbocycles. The number of aryl methyl sites for hydroxylation is 2. The van der Waals surface area contributed by atoms with E-state index in [1.807, 2.05) is 30.5 Å². The molecule has 0 unspecified atom stereocenters. The number of aromatic nitrogens is 1. The number of nitrogens with one attached hydrogen (secondary N) is 1. The third-order valence-corrected chi connectivity index (χ3v) is 3.19. The van der Waals surface area contributed by atoms with Gasteiger partial charge in [0, 0.05) is 17.7 Å². The Kier molecular flexibility index (Phi) is 3.89. The maximum absolute atomic E-state index is 11.6. The Balaban J connectivity index is 2.04. The maximum Gasteiger partial charge on any atom is 0.250 e. The zero-order valence-electron chi connectivity index (χ0n) is 10.3. The molecule has 0 aliphatic rings. The Morgan fingerprint density at radius 3 is 2.89 bits per heavy atom. The Labute approximate surface area is 110 Å². The SMILES string of the molecule is Cc1ccc(C=CC(=O)Nc2nccs2)c(C)c1. The van der Waals surface area contributed by atoms with Crippen LogP contribution in [0, 0.1) is 13.8 Å². The lowest BCUT2D eigenvalue weighted by molar-refractivity contribution is -0.111. The number of rotatable bonds is 3. The van der Waals surface area contributed by atoms with Gasteiger partial charge in [0.05, 0.1) is 0 Å². The minimum atomic E-state index is -0.162. The number of carbonyl (C=O) groups is 1. The summed E-state index contributed by atoms with van der Waals surface area (Å²) in [7, 11) is 0. The van der Waals surface area contributed by atoms with Crippen LogP contribution in [-0.2, 0) is 4.79 Å². The van der Waals surface area contributed by atoms with Crippen molar-refractivity contribution in [2.45, 2.75) is 13.8 Å². The molecule has 1 aromatic carbocycles. The van der Waals surface area contributed by atoms with Gasteiger partial charge in [0.25, 0.3) is 0 Å². The highest BCUT2D eigenvalue weighted by Crippen LogP contribution is 2.13. The van der Waals surface area contributed by atoms with Crippen molar-refractivity contribution in [2.24, 2.45) is 0 Å². The van der Waals surface area contributed by atoms with Gasteiger partial charge in [-0.05, 0) is 31.1 Å². The number of hydrogen-bond acceptors (Lipinski definition) is 3. The molecule has 0 radical (unpaired) electrons. The standard InChI is InChI=1S/C14H14N2OS/c1-10-3-4-12(11(2)9-10)5-6-13(17)16-14-15-7-8-18-14/h3-9H,1-2H3,(H,15,16,17). The second-order valence-electron chi connectivity index (χ2n) is 4.02. The first-order chi connectivity index (χ1) is 8.65. The molecule has 1 heterocycles. The van der Waals surface area contributed by atoms with E-state index in [1.54, 1.807) is 6.20 Å². The first-order valence-corrected chi connectivity index (χ1v) is 6.49. The zero-order valence-corrected chi connectivity index (χ0v) is 11.1. The van der Waals surface area contributed by atoms with Crippen LogP contribution in [0.3, 0.4) is 0 Å². The Hall–Kier alpha value is -1.94. The first kappa shape index (κ1) is 12.5. The Morgan fingerprint density at radius 1 is 1.39 bits per heavy atom. The van der Waals surface area contributed by atoms with Gasteiger partial charge < -0.3 is 0 Å². The van der Waals surface area contributed by atoms with Crippen LogP contribution in [0.2, 0.25) is 0 Å². The summed E-state index contributed by atoms with van der Waals surface area (Å²) < 4.78 is 0. The van der Waals surface area contributed by atoms with Crippen molar-refractivity contribution in [1.29, 1.82) is 0 Å². The van der Waals surface area contributed by atoms with E-state index in [2.05, 4.69) is 23.3 Å². The number of anilines is 1. The van der Waals surface area contributed by atoms with Gasteiger partial charge in [-0.15, -0.1) is 11.3 Å². The molecule has 1 aromatic heterocycles. The molecule has 0 spiro atoms. The number of amides is 1. The van der Waals surface area contributed by atoms with Crippen molar-refractivity contribution in [2.75, 3.05) is 5.32 Å². The molecule has 3 nitrogen and oxygen atoms in total. The Bertz CT molecular complexity index is 573. The van der Waals surface area contributed by atoms with E-state index in [4.69, 9.17) is 0 Å². The van der Waals surface area contributed by atoms with E-state index in [1.165, 1.54) is 23.0 Å². The fraction of sp³-hybridized carbons (Fsp3) is 0.143. The fourth-order valence-electron chi connectivity index (χ4n) is 1.61. The van der Waals surface area contributed by atoms with E-state index >= 15 is 0 Å². The average Bonchev–Trinajstić information content (AvgIpc) is 2.80. The van der Waals surface area contributed by atoms with Crippen LogP contribution in [0.25, 0.3) is 6.08 Å². The largest absolute Gasteiger partial charge is 0.298 e. The summed E-state index contributed by atoms with van der Waals surface area (Å²) in [5.74, 6) is -0.162. The van der Waals surface area contributed by atoms with Crippen molar-refractivity contribution in [3.05, 3.63) is 52.5 Å². The highest BCUT2D eigenvalue weighted by atomic mass is 32.1. The molecule has 92 valence electrons. The highest BCUT2D eigenvalue weighted by molar-refractivity contribution is 7.13. The zero-order chi connectivity index (χ0) is 13.0. The lowest BCUT2D eigenvalue weighted by atomic mass is 10.1. The van der Waals surface area contributed by atoms with Crippen LogP contribution in [-0.4, -0.2) is 10.9 Å². The minimum Gasteiger partial charge on any atom is -0.298 e. The minimum absolute atomic E-state index is 0.162. The summed E-state index contributed by atoms with van der Waals surface area (Å²) in [6, 6.07) is 6.14. The van der Waals surface area contributed by atoms with Crippen LogP contribution < -0.4 is 5.32 Å². The van der Waals surface area contributed by atoms with Crippen LogP contribution in [0.1, 0.15) is 16.7 Å². The van der Waals surface area contributed by atoms with Gasteiger partial charge in [0.15, 0.2) is 5.13 Å². The van der Waals surface area contributed by atoms with Gasteiger partial charge >= 0.3 is 0 Å². The second-order valence-corrected chi connectivity index (χ2v) is 4.91. The molecule has 0 aliphatic heterocycles. The number of nitrogens with zero attached hydrogens (tertiary/aromatic N) is 1. The quantitative estimate of drug-likeness (QED) is 0.857. The number of benzene rings is 1. The topological polar surface area (TPSA) is 42.0 Å². The van der Waals surface area contributed by atoms with Gasteiger partial charge in [-0.3, -0.25) is 10.1 Å². The van der Waals surface area contributed by atoms with E-state index in [9.17, 15) is 4.79 Å². The molecule has 2 aromatic rings. The molecule has 2 rings (SSSR count). The normalized spacial score (nSPS) is 10.8. The molecule has 4 heteroatoms. The van der Waals surface area contributed by atoms with E-state index < -0.39 is 0 Å². The number of hydrogen-bond donors (Lipinski definition) is 1. The van der Waals surface area contributed by atoms with Crippen molar-refractivity contribution in [1.82, 2.24) is 4.98 Å². The monoisotopic (exact) mass is 258 g/mol. The van der Waals surface area contributed by atoms with E-state index in [0.29, 0.717) is 5.13 Å². The third-order valence-electron chi connectivity index (χ3n) is 2.50. The fourth-order valence-corrected chi connectivity index (χ4v) is 2.14. The lowest BCUT2D eigenvalue weighted by Gasteiger charge is -2.01. The summed E-state index contributed by atoms with van der Waals surface area (Å²) in [5.41, 5.74) is 3.43. The summed E-state index contributed by atoms with van der Waals surface area (Å²) in [5, 5.41) is 5.14. The van der Waals surface area contributed by atoms with Gasteiger partial charge in [-0.25, -0.2) is 4.98 Å². The van der Waals surface area contributed by atoms with Crippen molar-refractivity contribution in [3.63, 3.8) is 0 Å². The molecule has 0 saturated heterocycles. The van der Waals surface area contributed by atoms with Gasteiger partial charge in [-0.1, -0.05) is 23.8 Å². The summed E-state index contributed by atoms with van der Waals surface area (Å²) in [4.78, 5) is 15.6. The van der Waals surface area contributed by atoms with Crippen LogP contribution in [0.5, 0.6) is 0 Å². The molecule has 0 saturated carbocycles. The smallest absolute Gasteiger partial charge is 0.250 e. The Morgan fingerprint density at radius 2 is 2.22 bits per heavy atom. The van der Waals surface area contributed by atoms with Gasteiger partial charge in [0.2, 0.25) is 5.91 Å². The van der Waals surface area contributed by atoms with Crippen molar-refractivity contribution < 1.29 is 4.79 Å². The van der Waals surface area contributed by atoms with Crippen molar-refractivity contribution >= 4 is 28.5 Å². The average molecular weight is 258 g/mol. The van der Waals surface area contributed by atoms with Gasteiger partial charge in [0.1, 0.15) is 0 Å². The molecule has 0 atom stereocenters. The first-order valence-electron chi connectivity index (χ1n) is 5.61. The molecule has 1 amide bonds. The van der Waals surface area contributed by atoms with Gasteiger partial charge in [-0.2, -0.15) is 0 Å². The number of carbonyl (C=O) groups excluding carboxylic acids is 1. The lowest BCUT2D eigenvalue weighted by Crippen LogP contribution is -2.07. The second kappa shape index (κ2) is 5.60. The van der Waals surface area contributed by atoms with Crippen LogP contribution in [0.4, 0.5) is 5.13 Å².